The zero-order valence-electron chi connectivity index (χ0n) is 19.2. The maximum atomic E-state index is 10.6. The van der Waals surface area contributed by atoms with Gasteiger partial charge in [0.05, 0.1) is 18.0 Å². The Bertz CT molecular complexity index is 998. The van der Waals surface area contributed by atoms with Crippen LogP contribution in [0.3, 0.4) is 0 Å². The number of aromatic nitrogens is 4. The van der Waals surface area contributed by atoms with Crippen molar-refractivity contribution in [3.8, 4) is 0 Å². The molecule has 2 aromatic heterocycles. The van der Waals surface area contributed by atoms with Gasteiger partial charge in [-0.15, -0.1) is 0 Å². The molecule has 0 unspecified atom stereocenters. The number of fused-ring (bicyclic) bond motifs is 1. The molecule has 0 spiro atoms. The molecule has 2 aliphatic rings. The molecule has 174 valence electrons. The fourth-order valence-electron chi connectivity index (χ4n) is 5.19. The molecule has 0 radical (unpaired) electrons. The second-order valence-corrected chi connectivity index (χ2v) is 9.54. The number of rotatable bonds is 8. The summed E-state index contributed by atoms with van der Waals surface area (Å²) in [5.74, 6) is 0.577. The third kappa shape index (κ3) is 5.85. The summed E-state index contributed by atoms with van der Waals surface area (Å²) in [4.78, 5) is 9.54. The Labute approximate surface area is 195 Å². The van der Waals surface area contributed by atoms with Crippen molar-refractivity contribution in [1.29, 1.82) is 0 Å². The summed E-state index contributed by atoms with van der Waals surface area (Å²) in [6, 6.07) is 13.1. The average Bonchev–Trinajstić information content (AvgIpc) is 3.37. The van der Waals surface area contributed by atoms with E-state index in [1.54, 1.807) is 6.20 Å². The van der Waals surface area contributed by atoms with Gasteiger partial charge in [-0.1, -0.05) is 30.3 Å². The van der Waals surface area contributed by atoms with E-state index in [-0.39, 0.29) is 6.10 Å². The normalized spacial score (nSPS) is 18.8. The van der Waals surface area contributed by atoms with E-state index in [9.17, 15) is 5.11 Å². The Kier molecular flexibility index (Phi) is 7.09. The molecule has 1 aromatic carbocycles. The van der Waals surface area contributed by atoms with E-state index in [0.29, 0.717) is 5.92 Å². The first kappa shape index (κ1) is 22.2. The highest BCUT2D eigenvalue weighted by Gasteiger charge is 2.22. The summed E-state index contributed by atoms with van der Waals surface area (Å²) >= 11 is 0. The summed E-state index contributed by atoms with van der Waals surface area (Å²) in [6.45, 7) is 5.72. The number of aliphatic hydroxyl groups excluding tert-OH is 1. The van der Waals surface area contributed by atoms with E-state index < -0.39 is 0 Å². The fourth-order valence-corrected chi connectivity index (χ4v) is 5.19. The number of hydrogen-bond donors (Lipinski definition) is 2. The largest absolute Gasteiger partial charge is 0.392 e. The molecule has 5 rings (SSSR count). The number of aromatic amines is 1. The first-order valence-corrected chi connectivity index (χ1v) is 12.2. The smallest absolute Gasteiger partial charge is 0.0964 e. The number of nitrogens with zero attached hydrogens (tertiary/aromatic N) is 5. The number of likely N-dealkylation sites (tertiary alicyclic amines) is 1. The van der Waals surface area contributed by atoms with Gasteiger partial charge < -0.3 is 5.11 Å². The molecule has 7 heteroatoms. The zero-order valence-corrected chi connectivity index (χ0v) is 19.2. The Hall–Kier alpha value is -2.61. The molecule has 7 nitrogen and oxygen atoms in total. The molecular weight excluding hydrogens is 412 g/mol. The van der Waals surface area contributed by atoms with Gasteiger partial charge in [0.25, 0.3) is 0 Å². The third-order valence-corrected chi connectivity index (χ3v) is 7.17. The second kappa shape index (κ2) is 10.5. The summed E-state index contributed by atoms with van der Waals surface area (Å²) < 4.78 is 0. The molecule has 4 heterocycles. The van der Waals surface area contributed by atoms with E-state index in [2.05, 4.69) is 67.8 Å². The van der Waals surface area contributed by atoms with E-state index in [1.165, 1.54) is 16.7 Å². The minimum absolute atomic E-state index is 0.314. The number of pyridine rings is 1. The van der Waals surface area contributed by atoms with Crippen LogP contribution < -0.4 is 0 Å². The topological polar surface area (TPSA) is 81.2 Å². The predicted molar refractivity (Wildman–Crippen MR) is 128 cm³/mol. The van der Waals surface area contributed by atoms with Crippen molar-refractivity contribution in [3.63, 3.8) is 0 Å². The van der Waals surface area contributed by atoms with Gasteiger partial charge in [0.2, 0.25) is 0 Å². The number of H-pyrrole nitrogens is 1. The maximum absolute atomic E-state index is 10.6. The average molecular weight is 447 g/mol. The van der Waals surface area contributed by atoms with Crippen LogP contribution in [0, 0.1) is 0 Å². The van der Waals surface area contributed by atoms with Gasteiger partial charge in [0, 0.05) is 38.1 Å². The number of benzene rings is 1. The van der Waals surface area contributed by atoms with Crippen LogP contribution in [-0.2, 0) is 25.9 Å². The van der Waals surface area contributed by atoms with Gasteiger partial charge in [0.15, 0.2) is 0 Å². The van der Waals surface area contributed by atoms with Crippen LogP contribution in [0.5, 0.6) is 0 Å². The standard InChI is InChI=1S/C26H34N6O/c33-26(19-32-14-11-20-3-1-2-4-23(20)17-32)8-7-24-6-5-22(15-27-24)21-9-12-31(13-10-21)18-25-16-28-30-29-25/h1-6,15-16,21,26,33H,7-14,17-19H2,(H,28,29,30)/t26-/m1/s1. The molecule has 3 aromatic rings. The predicted octanol–water partition coefficient (Wildman–Crippen LogP) is 2.93. The lowest BCUT2D eigenvalue weighted by atomic mass is 9.90. The Balaban J connectivity index is 1.05. The van der Waals surface area contributed by atoms with E-state index in [0.717, 1.165) is 82.8 Å². The lowest BCUT2D eigenvalue weighted by Gasteiger charge is -2.31. The molecule has 0 bridgehead atoms. The second-order valence-electron chi connectivity index (χ2n) is 9.54. The van der Waals surface area contributed by atoms with Crippen LogP contribution in [0.25, 0.3) is 0 Å². The fraction of sp³-hybridized carbons (Fsp3) is 0.500. The number of aryl methyl sites for hydroxylation is 1. The highest BCUT2D eigenvalue weighted by Crippen LogP contribution is 2.28. The van der Waals surface area contributed by atoms with Crippen molar-refractivity contribution in [2.24, 2.45) is 0 Å². The van der Waals surface area contributed by atoms with E-state index in [4.69, 9.17) is 4.98 Å². The highest BCUT2D eigenvalue weighted by molar-refractivity contribution is 5.29. The SMILES string of the molecule is O[C@H](CCc1ccc(C2CCN(Cc3cn[nH]n3)CC2)cn1)CN1CCc2ccccc2C1. The number of hydrogen-bond acceptors (Lipinski definition) is 6. The first-order chi connectivity index (χ1) is 16.2. The van der Waals surface area contributed by atoms with E-state index in [1.807, 2.05) is 0 Å². The molecule has 2 aliphatic heterocycles. The Morgan fingerprint density at radius 2 is 1.82 bits per heavy atom. The molecule has 0 amide bonds. The minimum Gasteiger partial charge on any atom is -0.392 e. The van der Waals surface area contributed by atoms with Crippen LogP contribution in [0.4, 0.5) is 0 Å². The summed E-state index contributed by atoms with van der Waals surface area (Å²) in [5.41, 5.74) is 6.27. The van der Waals surface area contributed by atoms with Crippen molar-refractivity contribution >= 4 is 0 Å². The van der Waals surface area contributed by atoms with Crippen molar-refractivity contribution in [3.05, 3.63) is 76.9 Å². The van der Waals surface area contributed by atoms with Crippen LogP contribution in [0.15, 0.2) is 48.8 Å². The van der Waals surface area contributed by atoms with E-state index >= 15 is 0 Å². The lowest BCUT2D eigenvalue weighted by Crippen LogP contribution is -2.36. The van der Waals surface area contributed by atoms with Crippen LogP contribution in [0.2, 0.25) is 0 Å². The molecule has 33 heavy (non-hydrogen) atoms. The Morgan fingerprint density at radius 1 is 0.970 bits per heavy atom. The summed E-state index contributed by atoms with van der Waals surface area (Å²) in [6.07, 6.45) is 8.50. The number of nitrogens with one attached hydrogen (secondary N) is 1. The van der Waals surface area contributed by atoms with Crippen molar-refractivity contribution in [1.82, 2.24) is 30.2 Å². The van der Waals surface area contributed by atoms with Gasteiger partial charge in [-0.25, -0.2) is 0 Å². The van der Waals surface area contributed by atoms with Crippen molar-refractivity contribution in [2.75, 3.05) is 26.2 Å². The lowest BCUT2D eigenvalue weighted by molar-refractivity contribution is 0.0986. The monoisotopic (exact) mass is 446 g/mol. The molecule has 2 N–H and O–H groups in total. The van der Waals surface area contributed by atoms with Gasteiger partial charge in [-0.3, -0.25) is 14.8 Å². The molecule has 1 saturated heterocycles. The minimum atomic E-state index is -0.314. The molecule has 0 aliphatic carbocycles. The Morgan fingerprint density at radius 3 is 2.58 bits per heavy atom. The number of piperidine rings is 1. The van der Waals surface area contributed by atoms with Crippen molar-refractivity contribution in [2.45, 2.75) is 57.2 Å². The molecule has 1 atom stereocenters. The summed E-state index contributed by atoms with van der Waals surface area (Å²) in [5, 5.41) is 21.3. The number of β-amino-alcohol motifs (C(OH)–C–C–N with tert-alkyl or cyclic N) is 1. The number of aliphatic hydroxyl groups is 1. The van der Waals surface area contributed by atoms with Gasteiger partial charge in [-0.2, -0.15) is 15.4 Å². The van der Waals surface area contributed by atoms with Crippen LogP contribution >= 0.6 is 0 Å². The van der Waals surface area contributed by atoms with Gasteiger partial charge >= 0.3 is 0 Å². The van der Waals surface area contributed by atoms with Crippen LogP contribution in [-0.4, -0.2) is 67.6 Å². The molecular formula is C26H34N6O. The molecule has 0 saturated carbocycles. The van der Waals surface area contributed by atoms with Gasteiger partial charge in [-0.05, 0) is 73.9 Å². The maximum Gasteiger partial charge on any atom is 0.0964 e. The highest BCUT2D eigenvalue weighted by atomic mass is 16.3. The molecule has 1 fully saturated rings. The summed E-state index contributed by atoms with van der Waals surface area (Å²) in [7, 11) is 0. The zero-order chi connectivity index (χ0) is 22.5. The van der Waals surface area contributed by atoms with Crippen LogP contribution in [0.1, 0.15) is 53.3 Å². The van der Waals surface area contributed by atoms with Gasteiger partial charge in [0.1, 0.15) is 0 Å². The quantitative estimate of drug-likeness (QED) is 0.554. The first-order valence-electron chi connectivity index (χ1n) is 12.2. The van der Waals surface area contributed by atoms with Crippen molar-refractivity contribution < 1.29 is 5.11 Å². The third-order valence-electron chi connectivity index (χ3n) is 7.17.